The smallest absolute Gasteiger partial charge is 0.353 e. The van der Waals surface area contributed by atoms with Crippen LogP contribution >= 0.6 is 0 Å². The first kappa shape index (κ1) is 7.82. The molecule has 0 aromatic heterocycles. The van der Waals surface area contributed by atoms with Crippen LogP contribution in [-0.4, -0.2) is 44.8 Å². The number of hydrogen-bond acceptors (Lipinski definition) is 4. The maximum atomic E-state index is 8.31. The van der Waals surface area contributed by atoms with E-state index in [2.05, 4.69) is 14.2 Å². The van der Waals surface area contributed by atoms with Gasteiger partial charge in [-0.05, 0) is 0 Å². The second-order valence-corrected chi connectivity index (χ2v) is 1.30. The highest BCUT2D eigenvalue weighted by molar-refractivity contribution is 5.98. The standard InChI is InChI=1S/CH4O4Si.Mg.2H/c2-1(5-6)3-4-1;;;/h2H,6H3;;;. The van der Waals surface area contributed by atoms with E-state index < -0.39 is 6.16 Å². The second kappa shape index (κ2) is 2.40. The Morgan fingerprint density at radius 2 is 2.00 bits per heavy atom. The zero-order chi connectivity index (χ0) is 4.62. The van der Waals surface area contributed by atoms with E-state index in [0.29, 0.717) is 10.5 Å². The molecule has 0 aromatic rings. The predicted molar refractivity (Wildman–Crippen MR) is 26.7 cm³/mol. The van der Waals surface area contributed by atoms with Gasteiger partial charge < -0.3 is 9.53 Å². The largest absolute Gasteiger partial charge is 0.453 e. The van der Waals surface area contributed by atoms with E-state index >= 15 is 0 Å². The molecule has 1 aliphatic heterocycles. The molecule has 0 radical (unpaired) electrons. The topological polar surface area (TPSA) is 54.5 Å². The van der Waals surface area contributed by atoms with E-state index in [1.54, 1.807) is 0 Å². The maximum Gasteiger partial charge on any atom is 0.453 e. The molecule has 0 bridgehead atoms. The van der Waals surface area contributed by atoms with Crippen LogP contribution in [0.2, 0.25) is 0 Å². The van der Waals surface area contributed by atoms with Crippen molar-refractivity contribution in [3.63, 3.8) is 0 Å². The molecular formula is CH6MgO4Si. The molecule has 1 fully saturated rings. The van der Waals surface area contributed by atoms with Crippen LogP contribution in [-0.2, 0) is 14.2 Å². The lowest BCUT2D eigenvalue weighted by molar-refractivity contribution is -0.142. The highest BCUT2D eigenvalue weighted by atomic mass is 28.2. The molecule has 1 heterocycles. The van der Waals surface area contributed by atoms with Crippen molar-refractivity contribution in [1.82, 2.24) is 0 Å². The summed E-state index contributed by atoms with van der Waals surface area (Å²) in [5.74, 6) is 0. The van der Waals surface area contributed by atoms with Gasteiger partial charge in [0.05, 0.1) is 0 Å². The van der Waals surface area contributed by atoms with Crippen molar-refractivity contribution in [1.29, 1.82) is 0 Å². The van der Waals surface area contributed by atoms with E-state index in [1.165, 1.54) is 0 Å². The molecule has 0 spiro atoms. The first-order valence-electron chi connectivity index (χ1n) is 1.41. The van der Waals surface area contributed by atoms with Gasteiger partial charge in [-0.1, -0.05) is 0 Å². The number of hydrogen-bond donors (Lipinski definition) is 1. The lowest BCUT2D eigenvalue weighted by atomic mass is 11.2. The van der Waals surface area contributed by atoms with Crippen LogP contribution in [0.5, 0.6) is 0 Å². The summed E-state index contributed by atoms with van der Waals surface area (Å²) in [5, 5.41) is 8.31. The zero-order valence-electron chi connectivity index (χ0n) is 3.17. The van der Waals surface area contributed by atoms with Crippen molar-refractivity contribution >= 4 is 33.5 Å². The Balaban J connectivity index is 0.000000360. The molecule has 1 saturated heterocycles. The van der Waals surface area contributed by atoms with Gasteiger partial charge in [0.15, 0.2) is 10.5 Å². The Labute approximate surface area is 59.4 Å². The fourth-order valence-corrected chi connectivity index (χ4v) is 0.240. The Morgan fingerprint density at radius 1 is 1.57 bits per heavy atom. The fraction of sp³-hybridized carbons (Fsp3) is 1.00. The van der Waals surface area contributed by atoms with Gasteiger partial charge in [0, 0.05) is 0 Å². The van der Waals surface area contributed by atoms with Gasteiger partial charge >= 0.3 is 29.2 Å². The van der Waals surface area contributed by atoms with Crippen molar-refractivity contribution in [2.75, 3.05) is 0 Å². The first-order valence-corrected chi connectivity index (χ1v) is 2.23. The van der Waals surface area contributed by atoms with E-state index in [1.807, 2.05) is 0 Å². The van der Waals surface area contributed by atoms with Crippen molar-refractivity contribution in [3.05, 3.63) is 0 Å². The van der Waals surface area contributed by atoms with Gasteiger partial charge in [-0.2, -0.15) is 0 Å². The SMILES string of the molecule is OC1(O[SiH3])OO1.[MgH2]. The summed E-state index contributed by atoms with van der Waals surface area (Å²) in [6.07, 6.45) is -1.65. The third-order valence-electron chi connectivity index (χ3n) is 0.484. The second-order valence-electron chi connectivity index (χ2n) is 0.895. The van der Waals surface area contributed by atoms with E-state index in [-0.39, 0.29) is 23.1 Å². The van der Waals surface area contributed by atoms with E-state index in [0.717, 1.165) is 0 Å². The Hall–Kier alpha value is 0.823. The van der Waals surface area contributed by atoms with Crippen LogP contribution in [0.1, 0.15) is 0 Å². The monoisotopic (exact) mass is 134 g/mol. The minimum absolute atomic E-state index is 0. The average Bonchev–Trinajstić information content (AvgIpc) is 2.22. The summed E-state index contributed by atoms with van der Waals surface area (Å²) >= 11 is 0. The summed E-state index contributed by atoms with van der Waals surface area (Å²) < 4.78 is 4.30. The molecular weight excluding hydrogens is 128 g/mol. The minimum Gasteiger partial charge on any atom is -0.353 e. The van der Waals surface area contributed by atoms with Crippen molar-refractivity contribution in [2.45, 2.75) is 6.16 Å². The average molecular weight is 134 g/mol. The summed E-state index contributed by atoms with van der Waals surface area (Å²) in [7, 11) is 0.410. The van der Waals surface area contributed by atoms with Gasteiger partial charge in [0.2, 0.25) is 0 Å². The van der Waals surface area contributed by atoms with Crippen molar-refractivity contribution in [2.24, 2.45) is 0 Å². The Kier molecular flexibility index (Phi) is 2.68. The molecule has 0 unspecified atom stereocenters. The van der Waals surface area contributed by atoms with Crippen LogP contribution in [0.3, 0.4) is 0 Å². The third-order valence-corrected chi connectivity index (χ3v) is 1.000. The van der Waals surface area contributed by atoms with Gasteiger partial charge in [0.25, 0.3) is 0 Å². The van der Waals surface area contributed by atoms with Crippen LogP contribution in [0.15, 0.2) is 0 Å². The molecule has 0 aromatic carbocycles. The molecule has 1 N–H and O–H groups in total. The summed E-state index contributed by atoms with van der Waals surface area (Å²) in [5.41, 5.74) is 0. The van der Waals surface area contributed by atoms with Crippen LogP contribution < -0.4 is 0 Å². The molecule has 1 aliphatic rings. The number of aliphatic hydroxyl groups is 1. The molecule has 0 saturated carbocycles. The van der Waals surface area contributed by atoms with Gasteiger partial charge in [0.1, 0.15) is 0 Å². The molecule has 7 heavy (non-hydrogen) atoms. The fourth-order valence-electron chi connectivity index (χ4n) is 0.104. The predicted octanol–water partition coefficient (Wildman–Crippen LogP) is -3.07. The van der Waals surface area contributed by atoms with E-state index in [4.69, 9.17) is 5.11 Å². The summed E-state index contributed by atoms with van der Waals surface area (Å²) in [6.45, 7) is 0. The lowest BCUT2D eigenvalue weighted by Gasteiger charge is -1.88. The van der Waals surface area contributed by atoms with E-state index in [9.17, 15) is 0 Å². The Bertz CT molecular complexity index is 62.7. The molecule has 40 valence electrons. The maximum absolute atomic E-state index is 8.31. The third kappa shape index (κ3) is 2.04. The molecule has 0 aliphatic carbocycles. The minimum atomic E-state index is -1.65. The lowest BCUT2D eigenvalue weighted by Crippen LogP contribution is -2.10. The first-order chi connectivity index (χ1) is 2.77. The highest BCUT2D eigenvalue weighted by Gasteiger charge is 2.47. The molecule has 0 atom stereocenters. The summed E-state index contributed by atoms with van der Waals surface area (Å²) in [6, 6.07) is 0. The number of rotatable bonds is 1. The van der Waals surface area contributed by atoms with Crippen LogP contribution in [0.25, 0.3) is 0 Å². The van der Waals surface area contributed by atoms with Crippen LogP contribution in [0, 0.1) is 0 Å². The van der Waals surface area contributed by atoms with Gasteiger partial charge in [-0.25, -0.2) is 0 Å². The molecule has 6 heteroatoms. The van der Waals surface area contributed by atoms with Gasteiger partial charge in [-0.15, -0.1) is 9.78 Å². The van der Waals surface area contributed by atoms with Crippen LogP contribution in [0.4, 0.5) is 0 Å². The van der Waals surface area contributed by atoms with Crippen molar-refractivity contribution in [3.8, 4) is 0 Å². The molecule has 0 amide bonds. The zero-order valence-corrected chi connectivity index (χ0v) is 5.17. The quantitative estimate of drug-likeness (QED) is 0.179. The van der Waals surface area contributed by atoms with Crippen molar-refractivity contribution < 1.29 is 19.3 Å². The normalized spacial score (nSPS) is 23.6. The Morgan fingerprint density at radius 3 is 2.00 bits per heavy atom. The summed E-state index contributed by atoms with van der Waals surface area (Å²) in [4.78, 5) is 7.83. The van der Waals surface area contributed by atoms with Gasteiger partial charge in [-0.3, -0.25) is 0 Å². The molecule has 1 rings (SSSR count). The highest BCUT2D eigenvalue weighted by Crippen LogP contribution is 2.24. The molecule has 4 nitrogen and oxygen atoms in total.